The molecule has 0 radical (unpaired) electrons. The Morgan fingerprint density at radius 1 is 1.29 bits per heavy atom. The van der Waals surface area contributed by atoms with Gasteiger partial charge in [0.15, 0.2) is 0 Å². The number of nitrogens with two attached hydrogens (primary N) is 1. The zero-order valence-corrected chi connectivity index (χ0v) is 12.2. The van der Waals surface area contributed by atoms with Crippen LogP contribution >= 0.6 is 11.3 Å². The number of rotatable bonds is 4. The molecule has 0 bridgehead atoms. The van der Waals surface area contributed by atoms with E-state index in [-0.39, 0.29) is 12.5 Å². The molecule has 0 unspecified atom stereocenters. The minimum atomic E-state index is -0.530. The first-order valence-electron chi connectivity index (χ1n) is 6.65. The third-order valence-electron chi connectivity index (χ3n) is 3.50. The van der Waals surface area contributed by atoms with E-state index < -0.39 is 5.91 Å². The molecule has 0 saturated carbocycles. The van der Waals surface area contributed by atoms with E-state index in [2.05, 4.69) is 11.4 Å². The van der Waals surface area contributed by atoms with Gasteiger partial charge in [0.05, 0.1) is 12.1 Å². The van der Waals surface area contributed by atoms with Gasteiger partial charge in [0.2, 0.25) is 5.91 Å². The first-order valence-corrected chi connectivity index (χ1v) is 7.53. The van der Waals surface area contributed by atoms with Crippen molar-refractivity contribution in [1.82, 2.24) is 0 Å². The van der Waals surface area contributed by atoms with Gasteiger partial charge in [-0.25, -0.2) is 0 Å². The number of carbonyl (C=O) groups is 2. The summed E-state index contributed by atoms with van der Waals surface area (Å²) < 4.78 is 0. The second kappa shape index (κ2) is 5.57. The molecule has 21 heavy (non-hydrogen) atoms. The van der Waals surface area contributed by atoms with Crippen molar-refractivity contribution in [3.63, 3.8) is 0 Å². The van der Waals surface area contributed by atoms with Gasteiger partial charge in [-0.15, -0.1) is 11.3 Å². The van der Waals surface area contributed by atoms with Crippen LogP contribution < -0.4 is 16.0 Å². The zero-order chi connectivity index (χ0) is 14.8. The van der Waals surface area contributed by atoms with E-state index in [1.165, 1.54) is 16.9 Å². The average Bonchev–Trinajstić information content (AvgIpc) is 3.06. The molecule has 2 aromatic rings. The number of thiophene rings is 1. The van der Waals surface area contributed by atoms with Crippen molar-refractivity contribution in [2.75, 3.05) is 23.3 Å². The minimum Gasteiger partial charge on any atom is -0.366 e. The smallest absolute Gasteiger partial charge is 0.251 e. The Hall–Kier alpha value is -2.34. The van der Waals surface area contributed by atoms with Gasteiger partial charge in [-0.3, -0.25) is 9.59 Å². The van der Waals surface area contributed by atoms with E-state index in [4.69, 9.17) is 5.73 Å². The van der Waals surface area contributed by atoms with Gasteiger partial charge in [0.1, 0.15) is 5.00 Å². The number of primary amides is 1. The van der Waals surface area contributed by atoms with Gasteiger partial charge in [0, 0.05) is 12.2 Å². The first kappa shape index (κ1) is 13.6. The second-order valence-corrected chi connectivity index (χ2v) is 5.79. The highest BCUT2D eigenvalue weighted by Gasteiger charge is 2.21. The van der Waals surface area contributed by atoms with Gasteiger partial charge in [-0.1, -0.05) is 18.2 Å². The van der Waals surface area contributed by atoms with Gasteiger partial charge in [-0.2, -0.15) is 0 Å². The largest absolute Gasteiger partial charge is 0.366 e. The Bertz CT molecular complexity index is 696. The number of benzene rings is 1. The zero-order valence-electron chi connectivity index (χ0n) is 11.3. The molecule has 0 atom stereocenters. The molecular formula is C15H15N3O2S. The summed E-state index contributed by atoms with van der Waals surface area (Å²) in [6.07, 6.45) is 0.953. The molecule has 5 nitrogen and oxygen atoms in total. The van der Waals surface area contributed by atoms with Crippen molar-refractivity contribution in [3.8, 4) is 0 Å². The molecule has 1 aliphatic rings. The topological polar surface area (TPSA) is 75.4 Å². The van der Waals surface area contributed by atoms with E-state index >= 15 is 0 Å². The summed E-state index contributed by atoms with van der Waals surface area (Å²) in [7, 11) is 0. The highest BCUT2D eigenvalue weighted by atomic mass is 32.1. The standard InChI is InChI=1S/C15H15N3O2S/c16-14(20)11-6-8-21-15(11)17-13(19)9-18-7-5-10-3-1-2-4-12(10)18/h1-4,6,8H,5,7,9H2,(H2,16,20)(H,17,19). The van der Waals surface area contributed by atoms with Crippen LogP contribution in [-0.2, 0) is 11.2 Å². The number of nitrogens with zero attached hydrogens (tertiary/aromatic N) is 1. The third-order valence-corrected chi connectivity index (χ3v) is 4.33. The summed E-state index contributed by atoms with van der Waals surface area (Å²) in [4.78, 5) is 25.4. The Labute approximate surface area is 126 Å². The number of carbonyl (C=O) groups excluding carboxylic acids is 2. The number of nitrogens with one attached hydrogen (secondary N) is 1. The second-order valence-electron chi connectivity index (χ2n) is 4.88. The summed E-state index contributed by atoms with van der Waals surface area (Å²) >= 11 is 1.30. The fraction of sp³-hybridized carbons (Fsp3) is 0.200. The molecule has 0 spiro atoms. The molecule has 0 saturated heterocycles. The molecule has 3 rings (SSSR count). The Morgan fingerprint density at radius 3 is 2.90 bits per heavy atom. The lowest BCUT2D eigenvalue weighted by atomic mass is 10.2. The van der Waals surface area contributed by atoms with Gasteiger partial charge < -0.3 is 16.0 Å². The van der Waals surface area contributed by atoms with Crippen molar-refractivity contribution >= 4 is 33.8 Å². The van der Waals surface area contributed by atoms with Gasteiger partial charge >= 0.3 is 0 Å². The summed E-state index contributed by atoms with van der Waals surface area (Å²) in [6.45, 7) is 1.10. The minimum absolute atomic E-state index is 0.142. The lowest BCUT2D eigenvalue weighted by molar-refractivity contribution is -0.114. The number of fused-ring (bicyclic) bond motifs is 1. The van der Waals surface area contributed by atoms with Crippen molar-refractivity contribution < 1.29 is 9.59 Å². The van der Waals surface area contributed by atoms with Crippen LogP contribution in [0.5, 0.6) is 0 Å². The molecule has 1 aromatic heterocycles. The molecule has 1 aromatic carbocycles. The molecule has 3 N–H and O–H groups in total. The van der Waals surface area contributed by atoms with Crippen molar-refractivity contribution in [2.24, 2.45) is 5.73 Å². The molecule has 108 valence electrons. The normalized spacial score (nSPS) is 13.0. The lowest BCUT2D eigenvalue weighted by Crippen LogP contribution is -2.32. The van der Waals surface area contributed by atoms with E-state index in [1.807, 2.05) is 23.1 Å². The maximum atomic E-state index is 12.2. The van der Waals surface area contributed by atoms with Crippen LogP contribution in [0.4, 0.5) is 10.7 Å². The summed E-state index contributed by atoms with van der Waals surface area (Å²) in [5.74, 6) is -0.672. The monoisotopic (exact) mass is 301 g/mol. The van der Waals surface area contributed by atoms with Crippen LogP contribution in [0.15, 0.2) is 35.7 Å². The van der Waals surface area contributed by atoms with E-state index in [0.717, 1.165) is 18.7 Å². The van der Waals surface area contributed by atoms with Gasteiger partial charge in [-0.05, 0) is 29.5 Å². The molecule has 2 amide bonds. The highest BCUT2D eigenvalue weighted by Crippen LogP contribution is 2.27. The van der Waals surface area contributed by atoms with E-state index in [9.17, 15) is 9.59 Å². The molecule has 0 fully saturated rings. The number of amides is 2. The van der Waals surface area contributed by atoms with Crippen molar-refractivity contribution in [2.45, 2.75) is 6.42 Å². The maximum Gasteiger partial charge on any atom is 0.251 e. The van der Waals surface area contributed by atoms with E-state index in [1.54, 1.807) is 11.4 Å². The average molecular weight is 301 g/mol. The van der Waals surface area contributed by atoms with E-state index in [0.29, 0.717) is 10.6 Å². The fourth-order valence-electron chi connectivity index (χ4n) is 2.51. The summed E-state index contributed by atoms with van der Waals surface area (Å²) in [5.41, 5.74) is 7.99. The van der Waals surface area contributed by atoms with Gasteiger partial charge in [0.25, 0.3) is 5.91 Å². The van der Waals surface area contributed by atoms with Crippen LogP contribution in [0.1, 0.15) is 15.9 Å². The van der Waals surface area contributed by atoms with Crippen LogP contribution in [-0.4, -0.2) is 24.9 Å². The molecule has 1 aliphatic heterocycles. The van der Waals surface area contributed by atoms with Crippen molar-refractivity contribution in [3.05, 3.63) is 46.8 Å². The lowest BCUT2D eigenvalue weighted by Gasteiger charge is -2.18. The highest BCUT2D eigenvalue weighted by molar-refractivity contribution is 7.14. The Kier molecular flexibility index (Phi) is 3.62. The van der Waals surface area contributed by atoms with Crippen LogP contribution in [0.2, 0.25) is 0 Å². The number of anilines is 2. The summed E-state index contributed by atoms with van der Waals surface area (Å²) in [5, 5.41) is 5.02. The SMILES string of the molecule is NC(=O)c1ccsc1NC(=O)CN1CCc2ccccc21. The van der Waals surface area contributed by atoms with Crippen LogP contribution in [0.25, 0.3) is 0 Å². The molecule has 0 aliphatic carbocycles. The summed E-state index contributed by atoms with van der Waals surface area (Å²) in [6, 6.07) is 9.70. The Morgan fingerprint density at radius 2 is 2.10 bits per heavy atom. The fourth-order valence-corrected chi connectivity index (χ4v) is 3.32. The number of hydrogen-bond donors (Lipinski definition) is 2. The predicted octanol–water partition coefficient (Wildman–Crippen LogP) is 1.85. The quantitative estimate of drug-likeness (QED) is 0.905. The van der Waals surface area contributed by atoms with Crippen molar-refractivity contribution in [1.29, 1.82) is 0 Å². The molecule has 6 heteroatoms. The Balaban J connectivity index is 1.68. The van der Waals surface area contributed by atoms with Crippen LogP contribution in [0, 0.1) is 0 Å². The van der Waals surface area contributed by atoms with Crippen LogP contribution in [0.3, 0.4) is 0 Å². The first-order chi connectivity index (χ1) is 10.1. The predicted molar refractivity (Wildman–Crippen MR) is 83.8 cm³/mol. The maximum absolute atomic E-state index is 12.2. The number of hydrogen-bond acceptors (Lipinski definition) is 4. The third kappa shape index (κ3) is 2.75. The molecular weight excluding hydrogens is 286 g/mol. The molecule has 2 heterocycles. The number of para-hydroxylation sites is 1.